The summed E-state index contributed by atoms with van der Waals surface area (Å²) in [5.74, 6) is 0. The molecule has 5 heteroatoms. The molecule has 60 valence electrons. The second-order valence-corrected chi connectivity index (χ2v) is 3.16. The van der Waals surface area contributed by atoms with Gasteiger partial charge in [-0.3, -0.25) is 4.57 Å². The van der Waals surface area contributed by atoms with Gasteiger partial charge >= 0.3 is 5.71 Å². The number of hydrogen-bond donors (Lipinski definition) is 0. The zero-order chi connectivity index (χ0) is 8.15. The Morgan fingerprint density at radius 1 is 1.50 bits per heavy atom. The molecular formula is C5H11O4P. The van der Waals surface area contributed by atoms with Crippen LogP contribution >= 0.6 is 8.03 Å². The summed E-state index contributed by atoms with van der Waals surface area (Å²) < 4.78 is 19.5. The molecule has 0 aromatic heterocycles. The fourth-order valence-electron chi connectivity index (χ4n) is 0.346. The second-order valence-electron chi connectivity index (χ2n) is 1.95. The lowest BCUT2D eigenvalue weighted by Crippen LogP contribution is -1.99. The normalized spacial score (nSPS) is 13.2. The Kier molecular flexibility index (Phi) is 4.32. The number of ether oxygens (including phenoxy) is 1. The van der Waals surface area contributed by atoms with Crippen molar-refractivity contribution in [2.45, 2.75) is 20.0 Å². The fourth-order valence-corrected chi connectivity index (χ4v) is 1.04. The van der Waals surface area contributed by atoms with E-state index in [9.17, 15) is 9.36 Å². The summed E-state index contributed by atoms with van der Waals surface area (Å²) in [5, 5.41) is 0. The summed E-state index contributed by atoms with van der Waals surface area (Å²) in [7, 11) is -1.45. The summed E-state index contributed by atoms with van der Waals surface area (Å²) >= 11 is 0. The van der Waals surface area contributed by atoms with Crippen LogP contribution in [0.1, 0.15) is 13.8 Å². The number of methoxy groups -OCH3 is 1. The van der Waals surface area contributed by atoms with E-state index >= 15 is 0 Å². The Bertz CT molecular complexity index is 143. The van der Waals surface area contributed by atoms with Crippen LogP contribution in [-0.4, -0.2) is 18.9 Å². The van der Waals surface area contributed by atoms with Crippen molar-refractivity contribution in [1.29, 1.82) is 0 Å². The van der Waals surface area contributed by atoms with Gasteiger partial charge in [-0.05, 0) is 13.8 Å². The van der Waals surface area contributed by atoms with Crippen molar-refractivity contribution in [2.24, 2.45) is 0 Å². The standard InChI is InChI=1S/C5H11O4P/c1-4(2)9-10(7)5(6)8-3/h4,10H,1-3H3. The maximum atomic E-state index is 10.7. The van der Waals surface area contributed by atoms with Crippen molar-refractivity contribution < 1.29 is 18.6 Å². The highest BCUT2D eigenvalue weighted by Crippen LogP contribution is 2.26. The first-order chi connectivity index (χ1) is 4.57. The van der Waals surface area contributed by atoms with Gasteiger partial charge in [0, 0.05) is 0 Å². The Morgan fingerprint density at radius 2 is 2.00 bits per heavy atom. The van der Waals surface area contributed by atoms with Crippen LogP contribution < -0.4 is 0 Å². The Balaban J connectivity index is 3.74. The number of carbonyl (C=O) groups excluding carboxylic acids is 1. The first kappa shape index (κ1) is 9.66. The van der Waals surface area contributed by atoms with Crippen LogP contribution in [0.5, 0.6) is 0 Å². The maximum Gasteiger partial charge on any atom is 0.388 e. The third-order valence-electron chi connectivity index (χ3n) is 0.695. The molecule has 0 bridgehead atoms. The smallest absolute Gasteiger partial charge is 0.388 e. The molecule has 0 aliphatic heterocycles. The van der Waals surface area contributed by atoms with E-state index < -0.39 is 13.7 Å². The van der Waals surface area contributed by atoms with Gasteiger partial charge in [0.25, 0.3) is 8.03 Å². The van der Waals surface area contributed by atoms with E-state index in [-0.39, 0.29) is 6.10 Å². The van der Waals surface area contributed by atoms with Crippen molar-refractivity contribution in [1.82, 2.24) is 0 Å². The molecular weight excluding hydrogens is 155 g/mol. The monoisotopic (exact) mass is 166 g/mol. The van der Waals surface area contributed by atoms with Crippen LogP contribution in [0.3, 0.4) is 0 Å². The zero-order valence-corrected chi connectivity index (χ0v) is 7.21. The molecule has 0 aliphatic rings. The lowest BCUT2D eigenvalue weighted by atomic mass is 10.5. The first-order valence-corrected chi connectivity index (χ1v) is 4.18. The minimum Gasteiger partial charge on any atom is -0.462 e. The molecule has 0 aromatic rings. The molecule has 1 atom stereocenters. The van der Waals surface area contributed by atoms with Gasteiger partial charge in [0.15, 0.2) is 0 Å². The first-order valence-electron chi connectivity index (χ1n) is 2.87. The number of hydrogen-bond acceptors (Lipinski definition) is 4. The molecule has 4 nitrogen and oxygen atoms in total. The molecule has 1 unspecified atom stereocenters. The molecule has 0 aromatic carbocycles. The minimum absolute atomic E-state index is 0.203. The van der Waals surface area contributed by atoms with Gasteiger partial charge in [0.2, 0.25) is 0 Å². The molecule has 0 fully saturated rings. The van der Waals surface area contributed by atoms with Gasteiger partial charge < -0.3 is 9.26 Å². The van der Waals surface area contributed by atoms with E-state index in [0.717, 1.165) is 0 Å². The van der Waals surface area contributed by atoms with E-state index in [4.69, 9.17) is 0 Å². The van der Waals surface area contributed by atoms with Gasteiger partial charge in [-0.2, -0.15) is 0 Å². The van der Waals surface area contributed by atoms with Crippen LogP contribution in [-0.2, 0) is 13.8 Å². The predicted molar refractivity (Wildman–Crippen MR) is 37.6 cm³/mol. The highest BCUT2D eigenvalue weighted by molar-refractivity contribution is 7.58. The average molecular weight is 166 g/mol. The molecule has 0 radical (unpaired) electrons. The predicted octanol–water partition coefficient (Wildman–Crippen LogP) is 1.65. The third-order valence-corrected chi connectivity index (χ3v) is 1.92. The Hall–Kier alpha value is -0.340. The van der Waals surface area contributed by atoms with Crippen LogP contribution in [0.4, 0.5) is 4.79 Å². The molecule has 0 saturated heterocycles. The van der Waals surface area contributed by atoms with Gasteiger partial charge in [0.05, 0.1) is 13.2 Å². The largest absolute Gasteiger partial charge is 0.462 e. The maximum absolute atomic E-state index is 10.7. The van der Waals surface area contributed by atoms with E-state index in [0.29, 0.717) is 0 Å². The molecule has 0 aliphatic carbocycles. The molecule has 0 spiro atoms. The molecule has 0 rings (SSSR count). The SMILES string of the molecule is COC(=O)[PH](=O)OC(C)C. The van der Waals surface area contributed by atoms with Gasteiger partial charge in [-0.15, -0.1) is 0 Å². The molecule has 0 amide bonds. The third kappa shape index (κ3) is 3.64. The second kappa shape index (κ2) is 4.47. The van der Waals surface area contributed by atoms with Gasteiger partial charge in [-0.1, -0.05) is 0 Å². The Labute approximate surface area is 60.4 Å². The number of carbonyl (C=O) groups is 1. The zero-order valence-electron chi connectivity index (χ0n) is 6.21. The highest BCUT2D eigenvalue weighted by Gasteiger charge is 2.12. The summed E-state index contributed by atoms with van der Waals surface area (Å²) in [6, 6.07) is 0. The molecule has 0 N–H and O–H groups in total. The summed E-state index contributed by atoms with van der Waals surface area (Å²) in [4.78, 5) is 10.4. The van der Waals surface area contributed by atoms with Crippen molar-refractivity contribution >= 4 is 13.7 Å². The molecule has 0 saturated carbocycles. The molecule has 10 heavy (non-hydrogen) atoms. The minimum atomic E-state index is -2.63. The van der Waals surface area contributed by atoms with E-state index in [2.05, 4.69) is 9.26 Å². The van der Waals surface area contributed by atoms with E-state index in [1.165, 1.54) is 7.11 Å². The fraction of sp³-hybridized carbons (Fsp3) is 0.800. The average Bonchev–Trinajstić information content (AvgIpc) is 1.85. The highest BCUT2D eigenvalue weighted by atomic mass is 31.1. The summed E-state index contributed by atoms with van der Waals surface area (Å²) in [5.41, 5.74) is -0.779. The summed E-state index contributed by atoms with van der Waals surface area (Å²) in [6.07, 6.45) is -0.203. The molecule has 0 heterocycles. The van der Waals surface area contributed by atoms with Gasteiger partial charge in [0.1, 0.15) is 0 Å². The van der Waals surface area contributed by atoms with Crippen molar-refractivity contribution in [3.05, 3.63) is 0 Å². The quantitative estimate of drug-likeness (QED) is 0.598. The topological polar surface area (TPSA) is 52.6 Å². The number of rotatable bonds is 3. The lowest BCUT2D eigenvalue weighted by molar-refractivity contribution is 0.186. The van der Waals surface area contributed by atoms with Crippen molar-refractivity contribution in [2.75, 3.05) is 7.11 Å². The van der Waals surface area contributed by atoms with Crippen LogP contribution in [0.25, 0.3) is 0 Å². The Morgan fingerprint density at radius 3 is 2.30 bits per heavy atom. The van der Waals surface area contributed by atoms with E-state index in [1.807, 2.05) is 0 Å². The van der Waals surface area contributed by atoms with Crippen LogP contribution in [0, 0.1) is 0 Å². The van der Waals surface area contributed by atoms with Crippen LogP contribution in [0.2, 0.25) is 0 Å². The van der Waals surface area contributed by atoms with E-state index in [1.54, 1.807) is 13.8 Å². The van der Waals surface area contributed by atoms with Crippen LogP contribution in [0.15, 0.2) is 0 Å². The summed E-state index contributed by atoms with van der Waals surface area (Å²) in [6.45, 7) is 3.40. The van der Waals surface area contributed by atoms with Crippen molar-refractivity contribution in [3.63, 3.8) is 0 Å². The lowest BCUT2D eigenvalue weighted by Gasteiger charge is -2.04. The van der Waals surface area contributed by atoms with Gasteiger partial charge in [-0.25, -0.2) is 4.79 Å². The van der Waals surface area contributed by atoms with Crippen molar-refractivity contribution in [3.8, 4) is 0 Å².